The number of aromatic nitrogens is 1. The first-order chi connectivity index (χ1) is 11.5. The summed E-state index contributed by atoms with van der Waals surface area (Å²) < 4.78 is 5.25. The van der Waals surface area contributed by atoms with Crippen LogP contribution in [-0.4, -0.2) is 46.9 Å². The molecular formula is C18H22ClN3O2. The van der Waals surface area contributed by atoms with Gasteiger partial charge in [0.15, 0.2) is 6.39 Å². The van der Waals surface area contributed by atoms with E-state index in [0.29, 0.717) is 17.5 Å². The third-order valence-corrected chi connectivity index (χ3v) is 4.90. The Kier molecular flexibility index (Phi) is 5.21. The van der Waals surface area contributed by atoms with E-state index in [1.807, 2.05) is 36.1 Å². The second-order valence-electron chi connectivity index (χ2n) is 6.36. The number of likely N-dealkylation sites (tertiary alicyclic amines) is 1. The molecule has 0 spiro atoms. The highest BCUT2D eigenvalue weighted by Crippen LogP contribution is 2.19. The molecule has 0 bridgehead atoms. The Morgan fingerprint density at radius 1 is 1.42 bits per heavy atom. The Hall–Kier alpha value is -1.85. The molecule has 0 N–H and O–H groups in total. The van der Waals surface area contributed by atoms with Crippen LogP contribution in [0.1, 0.15) is 23.4 Å². The molecule has 3 rings (SSSR count). The second kappa shape index (κ2) is 7.36. The van der Waals surface area contributed by atoms with Crippen molar-refractivity contribution >= 4 is 17.5 Å². The van der Waals surface area contributed by atoms with Gasteiger partial charge in [-0.2, -0.15) is 0 Å². The molecule has 2 heterocycles. The number of aryl methyl sites for hydroxylation is 1. The lowest BCUT2D eigenvalue weighted by atomic mass is 10.1. The number of likely N-dealkylation sites (N-methyl/N-ethyl adjacent to an activating group) is 1. The fraction of sp³-hybridized carbons (Fsp3) is 0.444. The minimum atomic E-state index is 0.172. The molecule has 2 aromatic rings. The maximum Gasteiger partial charge on any atom is 0.227 e. The zero-order valence-corrected chi connectivity index (χ0v) is 14.8. The highest BCUT2D eigenvalue weighted by Gasteiger charge is 2.29. The number of oxazole rings is 1. The molecule has 24 heavy (non-hydrogen) atoms. The van der Waals surface area contributed by atoms with Crippen LogP contribution in [0.2, 0.25) is 5.02 Å². The van der Waals surface area contributed by atoms with Crippen molar-refractivity contribution in [3.63, 3.8) is 0 Å². The minimum absolute atomic E-state index is 0.172. The van der Waals surface area contributed by atoms with Crippen molar-refractivity contribution < 1.29 is 9.21 Å². The van der Waals surface area contributed by atoms with Gasteiger partial charge in [-0.25, -0.2) is 4.98 Å². The fourth-order valence-corrected chi connectivity index (χ4v) is 3.19. The summed E-state index contributed by atoms with van der Waals surface area (Å²) in [6.45, 7) is 4.23. The van der Waals surface area contributed by atoms with Crippen LogP contribution in [-0.2, 0) is 17.8 Å². The van der Waals surface area contributed by atoms with Crippen LogP contribution in [0, 0.1) is 6.92 Å². The summed E-state index contributed by atoms with van der Waals surface area (Å²) in [4.78, 5) is 20.9. The lowest BCUT2D eigenvalue weighted by molar-refractivity contribution is -0.129. The summed E-state index contributed by atoms with van der Waals surface area (Å²) in [7, 11) is 2.08. The van der Waals surface area contributed by atoms with Crippen molar-refractivity contribution in [2.75, 3.05) is 20.1 Å². The van der Waals surface area contributed by atoms with Gasteiger partial charge in [0.1, 0.15) is 5.76 Å². The molecule has 1 saturated heterocycles. The van der Waals surface area contributed by atoms with Crippen molar-refractivity contribution in [3.05, 3.63) is 52.7 Å². The zero-order valence-electron chi connectivity index (χ0n) is 14.0. The van der Waals surface area contributed by atoms with Crippen LogP contribution in [0.5, 0.6) is 0 Å². The minimum Gasteiger partial charge on any atom is -0.448 e. The van der Waals surface area contributed by atoms with Crippen LogP contribution in [0.25, 0.3) is 0 Å². The van der Waals surface area contributed by atoms with Crippen molar-refractivity contribution in [2.24, 2.45) is 0 Å². The highest BCUT2D eigenvalue weighted by molar-refractivity contribution is 6.30. The molecule has 1 aromatic carbocycles. The van der Waals surface area contributed by atoms with Gasteiger partial charge in [0.25, 0.3) is 0 Å². The van der Waals surface area contributed by atoms with E-state index < -0.39 is 0 Å². The summed E-state index contributed by atoms with van der Waals surface area (Å²) in [6.07, 6.45) is 2.89. The summed E-state index contributed by atoms with van der Waals surface area (Å²) in [5, 5.41) is 0.692. The number of hydrogen-bond donors (Lipinski definition) is 0. The van der Waals surface area contributed by atoms with E-state index in [1.54, 1.807) is 0 Å². The Labute approximate surface area is 147 Å². The van der Waals surface area contributed by atoms with Crippen LogP contribution in [0.4, 0.5) is 0 Å². The summed E-state index contributed by atoms with van der Waals surface area (Å²) in [6, 6.07) is 7.83. The topological polar surface area (TPSA) is 49.6 Å². The first-order valence-electron chi connectivity index (χ1n) is 8.14. The summed E-state index contributed by atoms with van der Waals surface area (Å²) in [5.41, 5.74) is 1.96. The third-order valence-electron chi connectivity index (χ3n) is 4.65. The number of hydrogen-bond acceptors (Lipinski definition) is 4. The number of rotatable bonds is 5. The number of halogens is 1. The second-order valence-corrected chi connectivity index (χ2v) is 6.79. The van der Waals surface area contributed by atoms with Gasteiger partial charge in [-0.3, -0.25) is 9.69 Å². The monoisotopic (exact) mass is 347 g/mol. The number of nitrogens with zero attached hydrogens (tertiary/aromatic N) is 3. The number of carbonyl (C=O) groups is 1. The van der Waals surface area contributed by atoms with Crippen LogP contribution in [0.3, 0.4) is 0 Å². The van der Waals surface area contributed by atoms with E-state index >= 15 is 0 Å². The van der Waals surface area contributed by atoms with Gasteiger partial charge < -0.3 is 9.32 Å². The van der Waals surface area contributed by atoms with Gasteiger partial charge in [0.2, 0.25) is 5.91 Å². The lowest BCUT2D eigenvalue weighted by Gasteiger charge is -2.24. The van der Waals surface area contributed by atoms with Crippen molar-refractivity contribution in [1.29, 1.82) is 0 Å². The van der Waals surface area contributed by atoms with Gasteiger partial charge in [-0.05, 0) is 38.1 Å². The predicted octanol–water partition coefficient (Wildman–Crippen LogP) is 2.91. The van der Waals surface area contributed by atoms with E-state index in [2.05, 4.69) is 16.9 Å². The molecule has 0 radical (unpaired) electrons. The van der Waals surface area contributed by atoms with Crippen LogP contribution >= 0.6 is 11.6 Å². The molecule has 6 heteroatoms. The van der Waals surface area contributed by atoms with E-state index in [4.69, 9.17) is 16.0 Å². The molecule has 128 valence electrons. The highest BCUT2D eigenvalue weighted by atomic mass is 35.5. The van der Waals surface area contributed by atoms with E-state index in [0.717, 1.165) is 43.1 Å². The van der Waals surface area contributed by atoms with E-state index in [1.165, 1.54) is 6.39 Å². The molecule has 1 aliphatic rings. The Bertz CT molecular complexity index is 699. The standard InChI is InChI=1S/C18H22ClN3O2/c1-13-17(20-12-24-13)11-21(2)16-7-8-22(10-16)18(23)9-14-3-5-15(19)6-4-14/h3-6,12,16H,7-11H2,1-2H3. The quantitative estimate of drug-likeness (QED) is 0.834. The third kappa shape index (κ3) is 3.97. The molecule has 1 fully saturated rings. The zero-order chi connectivity index (χ0) is 17.1. The van der Waals surface area contributed by atoms with Gasteiger partial charge in [0.05, 0.1) is 12.1 Å². The van der Waals surface area contributed by atoms with Crippen LogP contribution in [0.15, 0.2) is 35.1 Å². The molecule has 0 saturated carbocycles. The maximum absolute atomic E-state index is 12.5. The average molecular weight is 348 g/mol. The van der Waals surface area contributed by atoms with Crippen molar-refractivity contribution in [1.82, 2.24) is 14.8 Å². The summed E-state index contributed by atoms with van der Waals surface area (Å²) >= 11 is 5.89. The first kappa shape index (κ1) is 17.0. The molecule has 1 atom stereocenters. The van der Waals surface area contributed by atoms with E-state index in [9.17, 15) is 4.79 Å². The van der Waals surface area contributed by atoms with Gasteiger partial charge >= 0.3 is 0 Å². The molecule has 1 unspecified atom stereocenters. The summed E-state index contributed by atoms with van der Waals surface area (Å²) in [5.74, 6) is 1.03. The van der Waals surface area contributed by atoms with Crippen LogP contribution < -0.4 is 0 Å². The van der Waals surface area contributed by atoms with Gasteiger partial charge in [-0.15, -0.1) is 0 Å². The Morgan fingerprint density at radius 3 is 2.83 bits per heavy atom. The lowest BCUT2D eigenvalue weighted by Crippen LogP contribution is -2.36. The van der Waals surface area contributed by atoms with Crippen molar-refractivity contribution in [3.8, 4) is 0 Å². The van der Waals surface area contributed by atoms with Gasteiger partial charge in [-0.1, -0.05) is 23.7 Å². The Morgan fingerprint density at radius 2 is 2.17 bits per heavy atom. The molecule has 5 nitrogen and oxygen atoms in total. The molecular weight excluding hydrogens is 326 g/mol. The largest absolute Gasteiger partial charge is 0.448 e. The Balaban J connectivity index is 1.53. The predicted molar refractivity (Wildman–Crippen MR) is 92.8 cm³/mol. The normalized spacial score (nSPS) is 17.7. The van der Waals surface area contributed by atoms with Crippen molar-refractivity contribution in [2.45, 2.75) is 32.4 Å². The smallest absolute Gasteiger partial charge is 0.227 e. The molecule has 1 aliphatic heterocycles. The molecule has 1 aromatic heterocycles. The number of carbonyl (C=O) groups excluding carboxylic acids is 1. The average Bonchev–Trinajstić information content (AvgIpc) is 3.19. The molecule has 0 aliphatic carbocycles. The maximum atomic E-state index is 12.5. The number of amides is 1. The first-order valence-corrected chi connectivity index (χ1v) is 8.52. The fourth-order valence-electron chi connectivity index (χ4n) is 3.06. The van der Waals surface area contributed by atoms with Gasteiger partial charge in [0, 0.05) is 30.7 Å². The SMILES string of the molecule is Cc1ocnc1CN(C)C1CCN(C(=O)Cc2ccc(Cl)cc2)C1. The molecule has 1 amide bonds. The van der Waals surface area contributed by atoms with E-state index in [-0.39, 0.29) is 5.91 Å². The number of benzene rings is 1.